The van der Waals surface area contributed by atoms with Crippen molar-refractivity contribution in [1.82, 2.24) is 4.90 Å². The zero-order valence-electron chi connectivity index (χ0n) is 12.5. The molecule has 1 aliphatic carbocycles. The number of nitrogens with zero attached hydrogens (tertiary/aromatic N) is 1. The van der Waals surface area contributed by atoms with Crippen molar-refractivity contribution in [2.24, 2.45) is 5.41 Å². The number of halogens is 1. The maximum Gasteiger partial charge on any atom is 0.228 e. The lowest BCUT2D eigenvalue weighted by atomic mass is 9.77. The Morgan fingerprint density at radius 2 is 2.24 bits per heavy atom. The molecule has 1 aromatic rings. The fourth-order valence-corrected chi connectivity index (χ4v) is 4.49. The molecule has 3 rings (SSSR count). The third-order valence-electron chi connectivity index (χ3n) is 4.54. The third kappa shape index (κ3) is 2.61. The standard InChI is InChI=1S/C17H20BrNO2/c1-17-8-4-7-14(18)16(17)19(15(20)10-17)11-12-5-3-6-13(9-12)21-2/h3,5-6,9H,4,7-8,10-11H2,1-2H3. The molecule has 1 saturated heterocycles. The molecule has 112 valence electrons. The van der Waals surface area contributed by atoms with Crippen LogP contribution in [0.5, 0.6) is 5.75 Å². The topological polar surface area (TPSA) is 29.5 Å². The summed E-state index contributed by atoms with van der Waals surface area (Å²) in [6.07, 6.45) is 3.91. The van der Waals surface area contributed by atoms with Gasteiger partial charge in [-0.3, -0.25) is 4.79 Å². The molecule has 1 fully saturated rings. The van der Waals surface area contributed by atoms with Crippen molar-refractivity contribution in [1.29, 1.82) is 0 Å². The van der Waals surface area contributed by atoms with Crippen LogP contribution in [0.15, 0.2) is 34.4 Å². The molecule has 0 saturated carbocycles. The highest BCUT2D eigenvalue weighted by Gasteiger charge is 2.46. The van der Waals surface area contributed by atoms with E-state index in [1.54, 1.807) is 7.11 Å². The van der Waals surface area contributed by atoms with Crippen molar-refractivity contribution in [2.45, 2.75) is 39.2 Å². The van der Waals surface area contributed by atoms with E-state index in [9.17, 15) is 4.79 Å². The molecule has 1 amide bonds. The number of hydrogen-bond donors (Lipinski definition) is 0. The molecule has 1 heterocycles. The molecular formula is C17H20BrNO2. The van der Waals surface area contributed by atoms with Gasteiger partial charge in [0.1, 0.15) is 5.75 Å². The number of allylic oxidation sites excluding steroid dienone is 2. The molecule has 21 heavy (non-hydrogen) atoms. The molecule has 3 nitrogen and oxygen atoms in total. The quantitative estimate of drug-likeness (QED) is 0.817. The van der Waals surface area contributed by atoms with Crippen molar-refractivity contribution in [3.63, 3.8) is 0 Å². The Kier molecular flexibility index (Phi) is 3.82. The highest BCUT2D eigenvalue weighted by atomic mass is 79.9. The van der Waals surface area contributed by atoms with Gasteiger partial charge in [-0.25, -0.2) is 0 Å². The summed E-state index contributed by atoms with van der Waals surface area (Å²) in [5, 5.41) is 0. The Balaban J connectivity index is 1.92. The number of benzene rings is 1. The number of hydrogen-bond acceptors (Lipinski definition) is 2. The van der Waals surface area contributed by atoms with Crippen LogP contribution >= 0.6 is 15.9 Å². The monoisotopic (exact) mass is 349 g/mol. The summed E-state index contributed by atoms with van der Waals surface area (Å²) in [6, 6.07) is 7.94. The summed E-state index contributed by atoms with van der Waals surface area (Å²) in [5.74, 6) is 1.06. The normalized spacial score (nSPS) is 25.3. The minimum absolute atomic E-state index is 0.00698. The highest BCUT2D eigenvalue weighted by molar-refractivity contribution is 9.11. The minimum atomic E-state index is 0.00698. The molecular weight excluding hydrogens is 330 g/mol. The summed E-state index contributed by atoms with van der Waals surface area (Å²) in [5.41, 5.74) is 2.31. The molecule has 1 atom stereocenters. The Bertz CT molecular complexity index is 611. The molecule has 0 bridgehead atoms. The molecule has 0 spiro atoms. The Labute approximate surface area is 134 Å². The first-order valence-corrected chi connectivity index (χ1v) is 8.15. The molecule has 4 heteroatoms. The van der Waals surface area contributed by atoms with Crippen molar-refractivity contribution < 1.29 is 9.53 Å². The van der Waals surface area contributed by atoms with Crippen LogP contribution in [0.4, 0.5) is 0 Å². The van der Waals surface area contributed by atoms with Gasteiger partial charge in [0.05, 0.1) is 13.7 Å². The van der Waals surface area contributed by atoms with Crippen LogP contribution in [-0.4, -0.2) is 17.9 Å². The largest absolute Gasteiger partial charge is 0.497 e. The fraction of sp³-hybridized carbons (Fsp3) is 0.471. The lowest BCUT2D eigenvalue weighted by Crippen LogP contribution is -2.27. The first kappa shape index (κ1) is 14.6. The van der Waals surface area contributed by atoms with Crippen LogP contribution in [0.1, 0.15) is 38.2 Å². The molecule has 0 radical (unpaired) electrons. The zero-order chi connectivity index (χ0) is 15.0. The predicted octanol–water partition coefficient (Wildman–Crippen LogP) is 4.22. The summed E-state index contributed by atoms with van der Waals surface area (Å²) in [6.45, 7) is 2.84. The van der Waals surface area contributed by atoms with Gasteiger partial charge in [0, 0.05) is 22.0 Å². The summed E-state index contributed by atoms with van der Waals surface area (Å²) in [7, 11) is 1.66. The van der Waals surface area contributed by atoms with Crippen LogP contribution in [0.2, 0.25) is 0 Å². The zero-order valence-corrected chi connectivity index (χ0v) is 14.1. The van der Waals surface area contributed by atoms with E-state index in [0.717, 1.165) is 30.6 Å². The van der Waals surface area contributed by atoms with Crippen molar-refractivity contribution in [2.75, 3.05) is 7.11 Å². The Morgan fingerprint density at radius 3 is 3.00 bits per heavy atom. The lowest BCUT2D eigenvalue weighted by Gasteiger charge is -2.33. The number of methoxy groups -OCH3 is 1. The van der Waals surface area contributed by atoms with Crippen LogP contribution in [-0.2, 0) is 11.3 Å². The van der Waals surface area contributed by atoms with Crippen LogP contribution in [0, 0.1) is 5.41 Å². The van der Waals surface area contributed by atoms with E-state index >= 15 is 0 Å². The Hall–Kier alpha value is -1.29. The number of fused-ring (bicyclic) bond motifs is 1. The first-order valence-electron chi connectivity index (χ1n) is 7.36. The highest BCUT2D eigenvalue weighted by Crippen LogP contribution is 2.51. The summed E-state index contributed by atoms with van der Waals surface area (Å²) < 4.78 is 6.47. The van der Waals surface area contributed by atoms with Gasteiger partial charge < -0.3 is 9.64 Å². The van der Waals surface area contributed by atoms with Crippen LogP contribution in [0.25, 0.3) is 0 Å². The minimum Gasteiger partial charge on any atom is -0.497 e. The predicted molar refractivity (Wildman–Crippen MR) is 86.1 cm³/mol. The van der Waals surface area contributed by atoms with Gasteiger partial charge in [-0.2, -0.15) is 0 Å². The van der Waals surface area contributed by atoms with E-state index in [1.165, 1.54) is 10.2 Å². The number of carbonyl (C=O) groups excluding carboxylic acids is 1. The number of likely N-dealkylation sites (tertiary alicyclic amines) is 1. The van der Waals surface area contributed by atoms with Crippen molar-refractivity contribution in [3.8, 4) is 5.75 Å². The van der Waals surface area contributed by atoms with Gasteiger partial charge in [-0.15, -0.1) is 0 Å². The van der Waals surface area contributed by atoms with Crippen molar-refractivity contribution >= 4 is 21.8 Å². The first-order chi connectivity index (χ1) is 10.0. The van der Waals surface area contributed by atoms with E-state index in [4.69, 9.17) is 4.74 Å². The van der Waals surface area contributed by atoms with Gasteiger partial charge in [0.15, 0.2) is 0 Å². The number of amides is 1. The molecule has 0 aromatic heterocycles. The van der Waals surface area contributed by atoms with Gasteiger partial charge in [-0.1, -0.05) is 35.0 Å². The van der Waals surface area contributed by atoms with Crippen molar-refractivity contribution in [3.05, 3.63) is 40.0 Å². The SMILES string of the molecule is COc1cccc(CN2C(=O)CC3(C)CCCC(Br)=C23)c1. The van der Waals surface area contributed by atoms with E-state index < -0.39 is 0 Å². The summed E-state index contributed by atoms with van der Waals surface area (Å²) in [4.78, 5) is 14.4. The molecule has 1 unspecified atom stereocenters. The van der Waals surface area contributed by atoms with E-state index in [2.05, 4.69) is 22.9 Å². The van der Waals surface area contributed by atoms with Gasteiger partial charge in [0.2, 0.25) is 5.91 Å². The molecule has 1 aliphatic heterocycles. The average molecular weight is 350 g/mol. The van der Waals surface area contributed by atoms with Gasteiger partial charge in [0.25, 0.3) is 0 Å². The van der Waals surface area contributed by atoms with Crippen LogP contribution < -0.4 is 4.74 Å². The Morgan fingerprint density at radius 1 is 1.43 bits per heavy atom. The molecule has 0 N–H and O–H groups in total. The van der Waals surface area contributed by atoms with Crippen LogP contribution in [0.3, 0.4) is 0 Å². The fourth-order valence-electron chi connectivity index (χ4n) is 3.52. The third-order valence-corrected chi connectivity index (χ3v) is 5.31. The lowest BCUT2D eigenvalue weighted by molar-refractivity contribution is -0.127. The molecule has 2 aliphatic rings. The van der Waals surface area contributed by atoms with E-state index in [1.807, 2.05) is 29.2 Å². The van der Waals surface area contributed by atoms with Gasteiger partial charge in [-0.05, 0) is 37.0 Å². The maximum absolute atomic E-state index is 12.5. The summed E-state index contributed by atoms with van der Waals surface area (Å²) >= 11 is 3.70. The average Bonchev–Trinajstić information content (AvgIpc) is 2.71. The number of carbonyl (C=O) groups is 1. The molecule has 1 aromatic carbocycles. The number of ether oxygens (including phenoxy) is 1. The second-order valence-corrected chi connectivity index (χ2v) is 7.13. The number of rotatable bonds is 3. The van der Waals surface area contributed by atoms with Gasteiger partial charge >= 0.3 is 0 Å². The van der Waals surface area contributed by atoms with E-state index in [0.29, 0.717) is 13.0 Å². The second-order valence-electron chi connectivity index (χ2n) is 6.18. The maximum atomic E-state index is 12.5. The van der Waals surface area contributed by atoms with E-state index in [-0.39, 0.29) is 11.3 Å². The smallest absolute Gasteiger partial charge is 0.228 e. The second kappa shape index (κ2) is 5.48.